The Hall–Kier alpha value is -3.43. The molecule has 3 rings (SSSR count). The second kappa shape index (κ2) is 11.1. The van der Waals surface area contributed by atoms with Crippen molar-refractivity contribution in [2.24, 2.45) is 5.16 Å². The van der Waals surface area contributed by atoms with Crippen LogP contribution in [0.2, 0.25) is 5.02 Å². The van der Waals surface area contributed by atoms with Crippen LogP contribution in [0.1, 0.15) is 17.5 Å². The standard InChI is InChI=1S/C21H21ClFN5O3/c22-18-10-16(5-6-19(18)30-12-14-3-1-4-15(23)9-14)28-21-17(20(24)25-13-26-21)11-27-31-8-2-7-29/h1,3-6,9-11,13,29H,2,7-8,12H2,(H3,24,25,26,28)/b27-11+. The van der Waals surface area contributed by atoms with Gasteiger partial charge in [-0.1, -0.05) is 28.9 Å². The normalized spacial score (nSPS) is 10.9. The van der Waals surface area contributed by atoms with Crippen LogP contribution >= 0.6 is 11.6 Å². The van der Waals surface area contributed by atoms with Crippen molar-refractivity contribution in [2.45, 2.75) is 13.0 Å². The maximum atomic E-state index is 13.3. The maximum absolute atomic E-state index is 13.3. The Morgan fingerprint density at radius 1 is 1.23 bits per heavy atom. The molecule has 0 aliphatic rings. The minimum atomic E-state index is -0.325. The first-order valence-corrected chi connectivity index (χ1v) is 9.75. The van der Waals surface area contributed by atoms with Crippen molar-refractivity contribution < 1.29 is 19.1 Å². The number of hydrogen-bond donors (Lipinski definition) is 3. The third-order valence-electron chi connectivity index (χ3n) is 4.04. The molecular weight excluding hydrogens is 425 g/mol. The van der Waals surface area contributed by atoms with Gasteiger partial charge >= 0.3 is 0 Å². The molecule has 3 aromatic rings. The molecule has 0 unspecified atom stereocenters. The van der Waals surface area contributed by atoms with E-state index in [0.717, 1.165) is 0 Å². The second-order valence-corrected chi connectivity index (χ2v) is 6.76. The summed E-state index contributed by atoms with van der Waals surface area (Å²) in [4.78, 5) is 13.2. The molecule has 0 atom stereocenters. The van der Waals surface area contributed by atoms with E-state index >= 15 is 0 Å². The lowest BCUT2D eigenvalue weighted by molar-refractivity contribution is 0.125. The maximum Gasteiger partial charge on any atom is 0.144 e. The van der Waals surface area contributed by atoms with Crippen LogP contribution in [0, 0.1) is 5.82 Å². The highest BCUT2D eigenvalue weighted by molar-refractivity contribution is 6.32. The highest BCUT2D eigenvalue weighted by Crippen LogP contribution is 2.30. The lowest BCUT2D eigenvalue weighted by atomic mass is 10.2. The van der Waals surface area contributed by atoms with Gasteiger partial charge in [0.2, 0.25) is 0 Å². The minimum absolute atomic E-state index is 0.0155. The number of anilines is 3. The van der Waals surface area contributed by atoms with E-state index in [2.05, 4.69) is 20.4 Å². The summed E-state index contributed by atoms with van der Waals surface area (Å²) < 4.78 is 19.0. The average molecular weight is 446 g/mol. The molecule has 10 heteroatoms. The Kier molecular flexibility index (Phi) is 7.97. The molecule has 0 saturated heterocycles. The molecule has 0 fully saturated rings. The first-order chi connectivity index (χ1) is 15.1. The molecule has 8 nitrogen and oxygen atoms in total. The summed E-state index contributed by atoms with van der Waals surface area (Å²) in [6.07, 6.45) is 3.18. The molecular formula is C21H21ClFN5O3. The number of nitrogens with one attached hydrogen (secondary N) is 1. The van der Waals surface area contributed by atoms with Crippen LogP contribution in [-0.4, -0.2) is 34.5 Å². The molecule has 0 spiro atoms. The van der Waals surface area contributed by atoms with Crippen molar-refractivity contribution in [1.82, 2.24) is 9.97 Å². The van der Waals surface area contributed by atoms with Gasteiger partial charge < -0.3 is 25.7 Å². The van der Waals surface area contributed by atoms with Gasteiger partial charge in [-0.05, 0) is 35.9 Å². The number of halogens is 2. The Morgan fingerprint density at radius 2 is 2.10 bits per heavy atom. The van der Waals surface area contributed by atoms with E-state index in [4.69, 9.17) is 32.0 Å². The molecule has 4 N–H and O–H groups in total. The first-order valence-electron chi connectivity index (χ1n) is 9.37. The zero-order valence-corrected chi connectivity index (χ0v) is 17.2. The van der Waals surface area contributed by atoms with Gasteiger partial charge in [0.1, 0.15) is 42.7 Å². The summed E-state index contributed by atoms with van der Waals surface area (Å²) in [6.45, 7) is 0.473. The monoisotopic (exact) mass is 445 g/mol. The molecule has 0 aliphatic heterocycles. The molecule has 1 heterocycles. The van der Waals surface area contributed by atoms with Crippen LogP contribution in [0.4, 0.5) is 21.7 Å². The van der Waals surface area contributed by atoms with E-state index in [1.54, 1.807) is 30.3 Å². The number of nitrogens with zero attached hydrogens (tertiary/aromatic N) is 3. The van der Waals surface area contributed by atoms with Gasteiger partial charge in [-0.25, -0.2) is 14.4 Å². The third kappa shape index (κ3) is 6.53. The quantitative estimate of drug-likeness (QED) is 0.246. The SMILES string of the molecule is Nc1ncnc(Nc2ccc(OCc3cccc(F)c3)c(Cl)c2)c1/C=N/OCCCO. The number of ether oxygens (including phenoxy) is 1. The van der Waals surface area contributed by atoms with Crippen LogP contribution < -0.4 is 15.8 Å². The van der Waals surface area contributed by atoms with E-state index in [1.807, 2.05) is 0 Å². The van der Waals surface area contributed by atoms with Crippen LogP contribution in [-0.2, 0) is 11.4 Å². The Bertz CT molecular complexity index is 1050. The van der Waals surface area contributed by atoms with Gasteiger partial charge in [0, 0.05) is 18.7 Å². The highest BCUT2D eigenvalue weighted by Gasteiger charge is 2.10. The summed E-state index contributed by atoms with van der Waals surface area (Å²) >= 11 is 6.33. The van der Waals surface area contributed by atoms with Gasteiger partial charge in [-0.15, -0.1) is 0 Å². The fourth-order valence-electron chi connectivity index (χ4n) is 2.53. The number of aromatic nitrogens is 2. The topological polar surface area (TPSA) is 115 Å². The highest BCUT2D eigenvalue weighted by atomic mass is 35.5. The number of nitrogens with two attached hydrogens (primary N) is 1. The number of hydrogen-bond acceptors (Lipinski definition) is 8. The van der Waals surface area contributed by atoms with Crippen molar-refractivity contribution >= 4 is 35.1 Å². The molecule has 0 amide bonds. The van der Waals surface area contributed by atoms with Gasteiger partial charge in [-0.3, -0.25) is 0 Å². The van der Waals surface area contributed by atoms with E-state index in [9.17, 15) is 4.39 Å². The van der Waals surface area contributed by atoms with Gasteiger partial charge in [-0.2, -0.15) is 0 Å². The Morgan fingerprint density at radius 3 is 2.87 bits per heavy atom. The van der Waals surface area contributed by atoms with E-state index in [-0.39, 0.29) is 31.5 Å². The molecule has 0 saturated carbocycles. The molecule has 162 valence electrons. The molecule has 0 radical (unpaired) electrons. The summed E-state index contributed by atoms with van der Waals surface area (Å²) in [6, 6.07) is 11.3. The zero-order chi connectivity index (χ0) is 22.1. The number of nitrogen functional groups attached to an aromatic ring is 1. The van der Waals surface area contributed by atoms with E-state index in [1.165, 1.54) is 24.7 Å². The number of benzene rings is 2. The smallest absolute Gasteiger partial charge is 0.144 e. The van der Waals surface area contributed by atoms with E-state index < -0.39 is 0 Å². The van der Waals surface area contributed by atoms with Crippen molar-refractivity contribution in [3.05, 3.63) is 70.8 Å². The lowest BCUT2D eigenvalue weighted by Crippen LogP contribution is -2.05. The van der Waals surface area contributed by atoms with Crippen molar-refractivity contribution in [3.8, 4) is 5.75 Å². The summed E-state index contributed by atoms with van der Waals surface area (Å²) in [5.74, 6) is 0.756. The van der Waals surface area contributed by atoms with Crippen LogP contribution in [0.25, 0.3) is 0 Å². The lowest BCUT2D eigenvalue weighted by Gasteiger charge is -2.12. The minimum Gasteiger partial charge on any atom is -0.487 e. The van der Waals surface area contributed by atoms with Crippen LogP contribution in [0.15, 0.2) is 53.9 Å². The van der Waals surface area contributed by atoms with Crippen molar-refractivity contribution in [2.75, 3.05) is 24.3 Å². The summed E-state index contributed by atoms with van der Waals surface area (Å²) in [5.41, 5.74) is 7.69. The Labute approximate surface area is 183 Å². The Balaban J connectivity index is 1.69. The first kappa shape index (κ1) is 22.3. The van der Waals surface area contributed by atoms with Crippen LogP contribution in [0.3, 0.4) is 0 Å². The molecule has 2 aromatic carbocycles. The average Bonchev–Trinajstić information content (AvgIpc) is 2.75. The molecule has 0 aliphatic carbocycles. The van der Waals surface area contributed by atoms with Gasteiger partial charge in [0.25, 0.3) is 0 Å². The molecule has 0 bridgehead atoms. The van der Waals surface area contributed by atoms with Gasteiger partial charge in [0.05, 0.1) is 16.8 Å². The fraction of sp³-hybridized carbons (Fsp3) is 0.190. The number of aliphatic hydroxyl groups is 1. The molecule has 31 heavy (non-hydrogen) atoms. The third-order valence-corrected chi connectivity index (χ3v) is 4.34. The number of oxime groups is 1. The second-order valence-electron chi connectivity index (χ2n) is 6.35. The predicted octanol–water partition coefficient (Wildman–Crippen LogP) is 3.91. The molecule has 1 aromatic heterocycles. The van der Waals surface area contributed by atoms with Gasteiger partial charge in [0.15, 0.2) is 0 Å². The summed E-state index contributed by atoms with van der Waals surface area (Å²) in [5, 5.41) is 16.1. The van der Waals surface area contributed by atoms with Crippen LogP contribution in [0.5, 0.6) is 5.75 Å². The van der Waals surface area contributed by atoms with Crippen molar-refractivity contribution in [1.29, 1.82) is 0 Å². The van der Waals surface area contributed by atoms with E-state index in [0.29, 0.717) is 39.8 Å². The predicted molar refractivity (Wildman–Crippen MR) is 117 cm³/mol. The number of rotatable bonds is 10. The zero-order valence-electron chi connectivity index (χ0n) is 16.5. The van der Waals surface area contributed by atoms with Crippen molar-refractivity contribution in [3.63, 3.8) is 0 Å². The summed E-state index contributed by atoms with van der Waals surface area (Å²) in [7, 11) is 0. The largest absolute Gasteiger partial charge is 0.487 e. The fourth-order valence-corrected chi connectivity index (χ4v) is 2.76. The number of aliphatic hydroxyl groups excluding tert-OH is 1.